The standard InChI is InChI=1S/C14H24N2S/c1-3-6-13(14-8-5-10-17-14)15-12-7-4-9-16(2)11-12/h5,8,10,12-13,15H,3-4,6-7,9,11H2,1-2H3. The summed E-state index contributed by atoms with van der Waals surface area (Å²) in [5.41, 5.74) is 0. The Balaban J connectivity index is 1.93. The third kappa shape index (κ3) is 3.80. The summed E-state index contributed by atoms with van der Waals surface area (Å²) in [4.78, 5) is 3.94. The van der Waals surface area contributed by atoms with Gasteiger partial charge in [0.2, 0.25) is 0 Å². The molecule has 0 aromatic carbocycles. The quantitative estimate of drug-likeness (QED) is 0.865. The first-order valence-electron chi connectivity index (χ1n) is 6.77. The number of likely N-dealkylation sites (tertiary alicyclic amines) is 1. The summed E-state index contributed by atoms with van der Waals surface area (Å²) in [6.45, 7) is 4.73. The minimum atomic E-state index is 0.566. The van der Waals surface area contributed by atoms with Crippen LogP contribution in [0.1, 0.15) is 43.5 Å². The van der Waals surface area contributed by atoms with Crippen molar-refractivity contribution >= 4 is 11.3 Å². The summed E-state index contributed by atoms with van der Waals surface area (Å²) in [6, 6.07) is 5.67. The van der Waals surface area contributed by atoms with Gasteiger partial charge in [0.15, 0.2) is 0 Å². The molecule has 1 aromatic heterocycles. The van der Waals surface area contributed by atoms with Crippen molar-refractivity contribution in [1.29, 1.82) is 0 Å². The number of piperidine rings is 1. The fourth-order valence-electron chi connectivity index (χ4n) is 2.67. The lowest BCUT2D eigenvalue weighted by Gasteiger charge is -2.33. The Labute approximate surface area is 109 Å². The van der Waals surface area contributed by atoms with Crippen LogP contribution < -0.4 is 5.32 Å². The highest BCUT2D eigenvalue weighted by Gasteiger charge is 2.21. The molecule has 2 unspecified atom stereocenters. The number of nitrogens with one attached hydrogen (secondary N) is 1. The summed E-state index contributed by atoms with van der Waals surface area (Å²) in [7, 11) is 2.23. The molecule has 0 aliphatic carbocycles. The minimum Gasteiger partial charge on any atom is -0.305 e. The number of rotatable bonds is 5. The molecule has 1 saturated heterocycles. The summed E-state index contributed by atoms with van der Waals surface area (Å²) in [5.74, 6) is 0. The van der Waals surface area contributed by atoms with Crippen LogP contribution in [0, 0.1) is 0 Å². The molecule has 2 atom stereocenters. The molecule has 0 amide bonds. The molecular formula is C14H24N2S. The monoisotopic (exact) mass is 252 g/mol. The SMILES string of the molecule is CCCC(NC1CCCN(C)C1)c1cccs1. The second-order valence-corrected chi connectivity index (χ2v) is 6.10. The number of likely N-dealkylation sites (N-methyl/N-ethyl adjacent to an activating group) is 1. The number of thiophene rings is 1. The minimum absolute atomic E-state index is 0.566. The molecule has 96 valence electrons. The van der Waals surface area contributed by atoms with E-state index < -0.39 is 0 Å². The lowest BCUT2D eigenvalue weighted by molar-refractivity contribution is 0.214. The van der Waals surface area contributed by atoms with Gasteiger partial charge in [-0.25, -0.2) is 0 Å². The number of hydrogen-bond acceptors (Lipinski definition) is 3. The zero-order valence-electron chi connectivity index (χ0n) is 11.0. The normalized spacial score (nSPS) is 23.8. The van der Waals surface area contributed by atoms with Crippen molar-refractivity contribution in [2.45, 2.75) is 44.7 Å². The molecule has 2 nitrogen and oxygen atoms in total. The van der Waals surface area contributed by atoms with Crippen LogP contribution in [-0.2, 0) is 0 Å². The van der Waals surface area contributed by atoms with Crippen molar-refractivity contribution < 1.29 is 0 Å². The van der Waals surface area contributed by atoms with E-state index in [-0.39, 0.29) is 0 Å². The van der Waals surface area contributed by atoms with Crippen LogP contribution in [0.15, 0.2) is 17.5 Å². The van der Waals surface area contributed by atoms with Crippen LogP contribution in [0.3, 0.4) is 0 Å². The maximum atomic E-state index is 3.86. The molecule has 0 spiro atoms. The van der Waals surface area contributed by atoms with Crippen LogP contribution >= 0.6 is 11.3 Å². The zero-order valence-corrected chi connectivity index (χ0v) is 11.8. The van der Waals surface area contributed by atoms with Crippen molar-refractivity contribution in [2.24, 2.45) is 0 Å². The van der Waals surface area contributed by atoms with E-state index in [4.69, 9.17) is 0 Å². The topological polar surface area (TPSA) is 15.3 Å². The average Bonchev–Trinajstić information content (AvgIpc) is 2.82. The zero-order chi connectivity index (χ0) is 12.1. The van der Waals surface area contributed by atoms with Crippen molar-refractivity contribution in [3.63, 3.8) is 0 Å². The van der Waals surface area contributed by atoms with Gasteiger partial charge in [-0.3, -0.25) is 0 Å². The van der Waals surface area contributed by atoms with E-state index in [0.29, 0.717) is 12.1 Å². The second kappa shape index (κ2) is 6.53. The van der Waals surface area contributed by atoms with E-state index in [9.17, 15) is 0 Å². The van der Waals surface area contributed by atoms with Gasteiger partial charge in [-0.05, 0) is 44.3 Å². The highest BCUT2D eigenvalue weighted by atomic mass is 32.1. The van der Waals surface area contributed by atoms with Gasteiger partial charge >= 0.3 is 0 Å². The Morgan fingerprint density at radius 1 is 1.59 bits per heavy atom. The maximum Gasteiger partial charge on any atom is 0.0417 e. The molecule has 0 radical (unpaired) electrons. The van der Waals surface area contributed by atoms with Gasteiger partial charge in [0, 0.05) is 23.5 Å². The van der Waals surface area contributed by atoms with Crippen molar-refractivity contribution in [3.05, 3.63) is 22.4 Å². The molecular weight excluding hydrogens is 228 g/mol. The summed E-state index contributed by atoms with van der Waals surface area (Å²) >= 11 is 1.88. The molecule has 3 heteroatoms. The lowest BCUT2D eigenvalue weighted by atomic mass is 10.0. The predicted molar refractivity (Wildman–Crippen MR) is 75.6 cm³/mol. The van der Waals surface area contributed by atoms with Gasteiger partial charge in [0.05, 0.1) is 0 Å². The Kier molecular flexibility index (Phi) is 5.01. The fourth-order valence-corrected chi connectivity index (χ4v) is 3.49. The van der Waals surface area contributed by atoms with Crippen molar-refractivity contribution in [1.82, 2.24) is 10.2 Å². The van der Waals surface area contributed by atoms with Gasteiger partial charge in [-0.15, -0.1) is 11.3 Å². The van der Waals surface area contributed by atoms with Gasteiger partial charge in [-0.2, -0.15) is 0 Å². The van der Waals surface area contributed by atoms with Crippen molar-refractivity contribution in [2.75, 3.05) is 20.1 Å². The van der Waals surface area contributed by atoms with E-state index in [1.165, 1.54) is 43.6 Å². The van der Waals surface area contributed by atoms with Crippen LogP contribution in [0.4, 0.5) is 0 Å². The summed E-state index contributed by atoms with van der Waals surface area (Å²) in [6.07, 6.45) is 5.16. The van der Waals surface area contributed by atoms with Crippen LogP contribution in [0.5, 0.6) is 0 Å². The third-order valence-electron chi connectivity index (χ3n) is 3.53. The van der Waals surface area contributed by atoms with Crippen LogP contribution in [0.2, 0.25) is 0 Å². The molecule has 1 N–H and O–H groups in total. The summed E-state index contributed by atoms with van der Waals surface area (Å²) in [5, 5.41) is 6.05. The molecule has 2 heterocycles. The molecule has 1 aliphatic heterocycles. The Bertz CT molecular complexity index is 310. The predicted octanol–water partition coefficient (Wildman–Crippen LogP) is 3.27. The first-order chi connectivity index (χ1) is 8.29. The molecule has 1 fully saturated rings. The Hall–Kier alpha value is -0.380. The molecule has 1 aliphatic rings. The molecule has 0 saturated carbocycles. The third-order valence-corrected chi connectivity index (χ3v) is 4.51. The molecule has 0 bridgehead atoms. The fraction of sp³-hybridized carbons (Fsp3) is 0.714. The lowest BCUT2D eigenvalue weighted by Crippen LogP contribution is -2.45. The van der Waals surface area contributed by atoms with E-state index in [1.54, 1.807) is 0 Å². The summed E-state index contributed by atoms with van der Waals surface area (Å²) < 4.78 is 0. The Morgan fingerprint density at radius 3 is 3.12 bits per heavy atom. The van der Waals surface area contributed by atoms with Crippen LogP contribution in [0.25, 0.3) is 0 Å². The maximum absolute atomic E-state index is 3.86. The number of hydrogen-bond donors (Lipinski definition) is 1. The van der Waals surface area contributed by atoms with E-state index in [0.717, 1.165) is 0 Å². The van der Waals surface area contributed by atoms with Gasteiger partial charge in [0.25, 0.3) is 0 Å². The van der Waals surface area contributed by atoms with Gasteiger partial charge in [0.1, 0.15) is 0 Å². The smallest absolute Gasteiger partial charge is 0.0417 e. The highest BCUT2D eigenvalue weighted by Crippen LogP contribution is 2.25. The average molecular weight is 252 g/mol. The van der Waals surface area contributed by atoms with Crippen molar-refractivity contribution in [3.8, 4) is 0 Å². The largest absolute Gasteiger partial charge is 0.305 e. The Morgan fingerprint density at radius 2 is 2.47 bits per heavy atom. The molecule has 2 rings (SSSR count). The van der Waals surface area contributed by atoms with E-state index in [1.807, 2.05) is 11.3 Å². The van der Waals surface area contributed by atoms with Gasteiger partial charge < -0.3 is 10.2 Å². The van der Waals surface area contributed by atoms with E-state index in [2.05, 4.69) is 41.7 Å². The first-order valence-corrected chi connectivity index (χ1v) is 7.65. The number of nitrogens with zero attached hydrogens (tertiary/aromatic N) is 1. The van der Waals surface area contributed by atoms with Gasteiger partial charge in [-0.1, -0.05) is 19.4 Å². The van der Waals surface area contributed by atoms with E-state index >= 15 is 0 Å². The molecule has 1 aromatic rings. The second-order valence-electron chi connectivity index (χ2n) is 5.12. The van der Waals surface area contributed by atoms with Crippen LogP contribution in [-0.4, -0.2) is 31.1 Å². The highest BCUT2D eigenvalue weighted by molar-refractivity contribution is 7.10. The molecule has 17 heavy (non-hydrogen) atoms. The first kappa shape index (κ1) is 13.1.